The Morgan fingerprint density at radius 3 is 1.31 bits per heavy atom. The van der Waals surface area contributed by atoms with Crippen molar-refractivity contribution in [3.63, 3.8) is 0 Å². The largest absolute Gasteiger partial charge is 0.324 e. The number of hydrogen-bond donors (Lipinski definition) is 2. The Labute approximate surface area is 153 Å². The summed E-state index contributed by atoms with van der Waals surface area (Å²) in [6.07, 6.45) is 0. The Bertz CT molecular complexity index is 899. The smallest absolute Gasteiger partial charge is 0.316 e. The van der Waals surface area contributed by atoms with E-state index >= 15 is 0 Å². The van der Waals surface area contributed by atoms with Crippen molar-refractivity contribution < 1.29 is 21.6 Å². The quantitative estimate of drug-likeness (QED) is 0.773. The second-order valence-electron chi connectivity index (χ2n) is 5.83. The van der Waals surface area contributed by atoms with E-state index in [-0.39, 0.29) is 9.79 Å². The van der Waals surface area contributed by atoms with Gasteiger partial charge in [0.25, 0.3) is 0 Å². The Kier molecular flexibility index (Phi) is 6.04. The molecule has 7 nitrogen and oxygen atoms in total. The second kappa shape index (κ2) is 7.88. The Morgan fingerprint density at radius 2 is 1.00 bits per heavy atom. The first kappa shape index (κ1) is 19.9. The average molecular weight is 396 g/mol. The van der Waals surface area contributed by atoms with Crippen LogP contribution < -0.4 is 10.6 Å². The van der Waals surface area contributed by atoms with Gasteiger partial charge in [-0.05, 0) is 38.1 Å². The zero-order valence-electron chi connectivity index (χ0n) is 14.4. The molecule has 9 heteroatoms. The number of urea groups is 1. The number of benzene rings is 2. The summed E-state index contributed by atoms with van der Waals surface area (Å²) >= 11 is 0. The van der Waals surface area contributed by atoms with Gasteiger partial charge in [0.1, 0.15) is 11.8 Å². The fraction of sp³-hybridized carbons (Fsp3) is 0.235. The maximum Gasteiger partial charge on any atom is 0.316 e. The predicted molar refractivity (Wildman–Crippen MR) is 98.1 cm³/mol. The number of nitrogens with one attached hydrogen (secondary N) is 2. The molecule has 0 heterocycles. The molecule has 0 saturated carbocycles. The molecule has 0 atom stereocenters. The summed E-state index contributed by atoms with van der Waals surface area (Å²) in [5.74, 6) is -1.26. The highest BCUT2D eigenvalue weighted by atomic mass is 32.2. The average Bonchev–Trinajstić information content (AvgIpc) is 2.59. The van der Waals surface area contributed by atoms with Gasteiger partial charge in [0, 0.05) is 0 Å². The van der Waals surface area contributed by atoms with E-state index in [1.807, 2.05) is 13.8 Å². The molecule has 0 saturated heterocycles. The SMILES string of the molecule is Cc1ccc(S(=O)(=O)CNC(=O)NCS(=O)(=O)c2ccc(C)cc2)cc1. The van der Waals surface area contributed by atoms with Crippen LogP contribution in [0.15, 0.2) is 58.3 Å². The Balaban J connectivity index is 1.92. The van der Waals surface area contributed by atoms with E-state index in [9.17, 15) is 21.6 Å². The molecule has 0 aliphatic carbocycles. The van der Waals surface area contributed by atoms with Gasteiger partial charge in [-0.15, -0.1) is 0 Å². The topological polar surface area (TPSA) is 109 Å². The van der Waals surface area contributed by atoms with Crippen molar-refractivity contribution in [1.82, 2.24) is 10.6 Å². The first-order valence-corrected chi connectivity index (χ1v) is 11.0. The highest BCUT2D eigenvalue weighted by Crippen LogP contribution is 2.12. The van der Waals surface area contributed by atoms with Crippen LogP contribution in [0.2, 0.25) is 0 Å². The molecular weight excluding hydrogens is 376 g/mol. The molecule has 2 rings (SSSR count). The van der Waals surface area contributed by atoms with Crippen LogP contribution >= 0.6 is 0 Å². The zero-order valence-corrected chi connectivity index (χ0v) is 16.0. The van der Waals surface area contributed by atoms with Gasteiger partial charge < -0.3 is 10.6 Å². The number of carbonyl (C=O) groups is 1. The molecule has 0 bridgehead atoms. The number of amides is 2. The van der Waals surface area contributed by atoms with Crippen LogP contribution in [0.3, 0.4) is 0 Å². The Morgan fingerprint density at radius 1 is 0.692 bits per heavy atom. The predicted octanol–water partition coefficient (Wildman–Crippen LogP) is 1.77. The third-order valence-corrected chi connectivity index (χ3v) is 6.64. The number of carbonyl (C=O) groups excluding carboxylic acids is 1. The molecule has 0 aliphatic rings. The molecule has 0 unspecified atom stereocenters. The van der Waals surface area contributed by atoms with Gasteiger partial charge in [0.05, 0.1) is 9.79 Å². The van der Waals surface area contributed by atoms with Crippen molar-refractivity contribution in [3.05, 3.63) is 59.7 Å². The van der Waals surface area contributed by atoms with Gasteiger partial charge in [-0.25, -0.2) is 21.6 Å². The third kappa shape index (κ3) is 5.30. The lowest BCUT2D eigenvalue weighted by molar-refractivity contribution is 0.243. The molecular formula is C17H20N2O5S2. The van der Waals surface area contributed by atoms with E-state index in [0.29, 0.717) is 0 Å². The van der Waals surface area contributed by atoms with E-state index in [2.05, 4.69) is 10.6 Å². The van der Waals surface area contributed by atoms with Gasteiger partial charge in [-0.3, -0.25) is 0 Å². The molecule has 0 radical (unpaired) electrons. The third-order valence-electron chi connectivity index (χ3n) is 3.61. The zero-order chi connectivity index (χ0) is 19.4. The van der Waals surface area contributed by atoms with Gasteiger partial charge in [-0.1, -0.05) is 35.4 Å². The van der Waals surface area contributed by atoms with E-state index < -0.39 is 37.5 Å². The van der Waals surface area contributed by atoms with Crippen LogP contribution in [-0.4, -0.2) is 34.6 Å². The van der Waals surface area contributed by atoms with Gasteiger partial charge in [-0.2, -0.15) is 0 Å². The summed E-state index contributed by atoms with van der Waals surface area (Å²) < 4.78 is 48.6. The van der Waals surface area contributed by atoms with Gasteiger partial charge in [0.15, 0.2) is 19.7 Å². The fourth-order valence-corrected chi connectivity index (χ4v) is 4.12. The fourth-order valence-electron chi connectivity index (χ4n) is 2.04. The van der Waals surface area contributed by atoms with E-state index in [0.717, 1.165) is 11.1 Å². The van der Waals surface area contributed by atoms with Gasteiger partial charge >= 0.3 is 6.03 Å². The lowest BCUT2D eigenvalue weighted by Crippen LogP contribution is -2.40. The standard InChI is InChI=1S/C17H20N2O5S2/c1-13-3-7-15(8-4-13)25(21,22)11-18-17(20)19-12-26(23,24)16-9-5-14(2)6-10-16/h3-10H,11-12H2,1-2H3,(H2,18,19,20). The number of sulfone groups is 2. The lowest BCUT2D eigenvalue weighted by atomic mass is 10.2. The molecule has 0 aromatic heterocycles. The van der Waals surface area contributed by atoms with Crippen molar-refractivity contribution in [2.45, 2.75) is 23.6 Å². The van der Waals surface area contributed by atoms with Gasteiger partial charge in [0.2, 0.25) is 0 Å². The molecule has 2 N–H and O–H groups in total. The summed E-state index contributed by atoms with van der Waals surface area (Å²) in [6, 6.07) is 11.5. The normalized spacial score (nSPS) is 11.8. The molecule has 0 aliphatic heterocycles. The maximum atomic E-state index is 12.1. The van der Waals surface area contributed by atoms with Crippen LogP contribution in [0.1, 0.15) is 11.1 Å². The highest BCUT2D eigenvalue weighted by Gasteiger charge is 2.18. The van der Waals surface area contributed by atoms with Crippen LogP contribution in [0.4, 0.5) is 4.79 Å². The maximum absolute atomic E-state index is 12.1. The first-order chi connectivity index (χ1) is 12.1. The van der Waals surface area contributed by atoms with Crippen molar-refractivity contribution >= 4 is 25.7 Å². The summed E-state index contributed by atoms with van der Waals surface area (Å²) in [5.41, 5.74) is 1.83. The molecule has 0 fully saturated rings. The highest BCUT2D eigenvalue weighted by molar-refractivity contribution is 7.91. The molecule has 2 aromatic rings. The minimum absolute atomic E-state index is 0.0793. The minimum atomic E-state index is -3.70. The Hall–Kier alpha value is -2.39. The van der Waals surface area contributed by atoms with Crippen LogP contribution in [0.5, 0.6) is 0 Å². The summed E-state index contributed by atoms with van der Waals surface area (Å²) in [4.78, 5) is 11.9. The molecule has 26 heavy (non-hydrogen) atoms. The van der Waals surface area contributed by atoms with Crippen molar-refractivity contribution in [2.75, 3.05) is 11.8 Å². The van der Waals surface area contributed by atoms with E-state index in [4.69, 9.17) is 0 Å². The monoisotopic (exact) mass is 396 g/mol. The number of rotatable bonds is 6. The van der Waals surface area contributed by atoms with Crippen LogP contribution in [0, 0.1) is 13.8 Å². The van der Waals surface area contributed by atoms with Crippen molar-refractivity contribution in [3.8, 4) is 0 Å². The minimum Gasteiger partial charge on any atom is -0.324 e. The van der Waals surface area contributed by atoms with E-state index in [1.54, 1.807) is 24.3 Å². The molecule has 140 valence electrons. The molecule has 2 amide bonds. The van der Waals surface area contributed by atoms with Crippen LogP contribution in [0.25, 0.3) is 0 Å². The van der Waals surface area contributed by atoms with Crippen molar-refractivity contribution in [1.29, 1.82) is 0 Å². The first-order valence-electron chi connectivity index (χ1n) is 7.71. The summed E-state index contributed by atoms with van der Waals surface area (Å²) in [7, 11) is -7.41. The number of hydrogen-bond acceptors (Lipinski definition) is 5. The lowest BCUT2D eigenvalue weighted by Gasteiger charge is -2.09. The summed E-state index contributed by atoms with van der Waals surface area (Å²) in [5, 5.41) is 4.33. The summed E-state index contributed by atoms with van der Waals surface area (Å²) in [6.45, 7) is 3.66. The van der Waals surface area contributed by atoms with Crippen LogP contribution in [-0.2, 0) is 19.7 Å². The van der Waals surface area contributed by atoms with Crippen molar-refractivity contribution in [2.24, 2.45) is 0 Å². The second-order valence-corrected chi connectivity index (χ2v) is 9.81. The molecule has 2 aromatic carbocycles. The molecule has 0 spiro atoms. The number of aryl methyl sites for hydroxylation is 2. The van der Waals surface area contributed by atoms with E-state index in [1.165, 1.54) is 24.3 Å².